The summed E-state index contributed by atoms with van der Waals surface area (Å²) in [4.78, 5) is 0. The molecule has 3 atom stereocenters. The molecule has 0 aliphatic rings. The predicted molar refractivity (Wildman–Crippen MR) is 56.2 cm³/mol. The van der Waals surface area contributed by atoms with E-state index in [1.165, 1.54) is 0 Å². The van der Waals surface area contributed by atoms with E-state index in [0.29, 0.717) is 6.42 Å². The van der Waals surface area contributed by atoms with Crippen molar-refractivity contribution in [1.29, 1.82) is 0 Å². The van der Waals surface area contributed by atoms with E-state index >= 15 is 0 Å². The van der Waals surface area contributed by atoms with Crippen LogP contribution in [0.2, 0.25) is 0 Å². The molecule has 0 aliphatic heterocycles. The van der Waals surface area contributed by atoms with Gasteiger partial charge in [0.25, 0.3) is 0 Å². The molecule has 0 radical (unpaired) electrons. The molecule has 5 heteroatoms. The van der Waals surface area contributed by atoms with E-state index in [4.69, 9.17) is 10.9 Å². The van der Waals surface area contributed by atoms with Crippen LogP contribution in [0.15, 0.2) is 5.16 Å². The van der Waals surface area contributed by atoms with Crippen LogP contribution in [-0.2, 0) is 0 Å². The second-order valence-electron chi connectivity index (χ2n) is 3.19. The molecule has 0 saturated carbocycles. The number of aliphatic hydroxyl groups is 1. The number of hydrogen-bond acceptors (Lipinski definition) is 4. The molecule has 13 heavy (non-hydrogen) atoms. The highest BCUT2D eigenvalue weighted by molar-refractivity contribution is 8.00. The first-order chi connectivity index (χ1) is 5.97. The molecule has 0 aliphatic carbocycles. The summed E-state index contributed by atoms with van der Waals surface area (Å²) in [6.45, 7) is 5.70. The minimum atomic E-state index is -0.334. The van der Waals surface area contributed by atoms with Crippen molar-refractivity contribution in [3.05, 3.63) is 0 Å². The van der Waals surface area contributed by atoms with Crippen molar-refractivity contribution in [2.75, 3.05) is 0 Å². The van der Waals surface area contributed by atoms with E-state index < -0.39 is 0 Å². The number of oxime groups is 1. The number of aliphatic hydroxyl groups excluding tert-OH is 1. The zero-order valence-corrected chi connectivity index (χ0v) is 9.08. The fourth-order valence-corrected chi connectivity index (χ4v) is 2.09. The van der Waals surface area contributed by atoms with Crippen molar-refractivity contribution < 1.29 is 10.3 Å². The van der Waals surface area contributed by atoms with Crippen LogP contribution in [0.25, 0.3) is 0 Å². The Labute approximate surface area is 83.2 Å². The third-order valence-corrected chi connectivity index (χ3v) is 3.21. The smallest absolute Gasteiger partial charge is 0.140 e. The number of nitrogens with zero attached hydrogens (tertiary/aromatic N) is 1. The van der Waals surface area contributed by atoms with E-state index in [2.05, 4.69) is 5.16 Å². The van der Waals surface area contributed by atoms with Crippen LogP contribution in [0.1, 0.15) is 27.2 Å². The second-order valence-corrected chi connectivity index (χ2v) is 5.01. The van der Waals surface area contributed by atoms with Gasteiger partial charge in [0, 0.05) is 16.9 Å². The largest absolute Gasteiger partial charge is 0.409 e. The number of nitrogens with two attached hydrogens (primary N) is 1. The lowest BCUT2D eigenvalue weighted by atomic mass is 10.3. The van der Waals surface area contributed by atoms with Crippen LogP contribution in [0.4, 0.5) is 0 Å². The van der Waals surface area contributed by atoms with E-state index in [1.54, 1.807) is 18.7 Å². The van der Waals surface area contributed by atoms with Gasteiger partial charge in [-0.1, -0.05) is 19.0 Å². The van der Waals surface area contributed by atoms with Gasteiger partial charge >= 0.3 is 0 Å². The van der Waals surface area contributed by atoms with Gasteiger partial charge in [-0.15, -0.1) is 0 Å². The zero-order chi connectivity index (χ0) is 10.4. The molecule has 0 aromatic carbocycles. The number of hydrogen-bond donors (Lipinski definition) is 3. The Balaban J connectivity index is 3.80. The molecule has 0 aromatic rings. The summed E-state index contributed by atoms with van der Waals surface area (Å²) in [6, 6.07) is 0. The van der Waals surface area contributed by atoms with Crippen molar-refractivity contribution >= 4 is 17.6 Å². The fourth-order valence-electron chi connectivity index (χ4n) is 0.864. The Bertz CT molecular complexity index is 174. The molecule has 0 spiro atoms. The Kier molecular flexibility index (Phi) is 5.90. The molecule has 0 amide bonds. The number of thioether (sulfide) groups is 1. The standard InChI is InChI=1S/C8H18N2O2S/c1-5(4-8(9)10-12)13-7(3)6(2)11/h5-7,11-12H,4H2,1-3H3,(H2,9,10). The van der Waals surface area contributed by atoms with Crippen LogP contribution in [0.5, 0.6) is 0 Å². The first kappa shape index (κ1) is 12.6. The van der Waals surface area contributed by atoms with E-state index in [0.717, 1.165) is 0 Å². The number of amidine groups is 1. The first-order valence-corrected chi connectivity index (χ1v) is 5.21. The quantitative estimate of drug-likeness (QED) is 0.271. The summed E-state index contributed by atoms with van der Waals surface area (Å²) in [7, 11) is 0. The topological polar surface area (TPSA) is 78.8 Å². The van der Waals surface area contributed by atoms with Gasteiger partial charge in [-0.2, -0.15) is 11.8 Å². The summed E-state index contributed by atoms with van der Waals surface area (Å²) in [6.07, 6.45) is 0.206. The third kappa shape index (κ3) is 5.76. The van der Waals surface area contributed by atoms with Gasteiger partial charge in [0.2, 0.25) is 0 Å². The summed E-state index contributed by atoms with van der Waals surface area (Å²) >= 11 is 1.63. The average molecular weight is 206 g/mol. The van der Waals surface area contributed by atoms with Crippen LogP contribution in [0.3, 0.4) is 0 Å². The molecule has 78 valence electrons. The van der Waals surface area contributed by atoms with Crippen LogP contribution in [-0.4, -0.2) is 32.8 Å². The molecular weight excluding hydrogens is 188 g/mol. The lowest BCUT2D eigenvalue weighted by molar-refractivity contribution is 0.196. The predicted octanol–water partition coefficient (Wildman–Crippen LogP) is 1.01. The fraction of sp³-hybridized carbons (Fsp3) is 0.875. The molecule has 0 fully saturated rings. The highest BCUT2D eigenvalue weighted by Gasteiger charge is 2.14. The normalized spacial score (nSPS) is 19.5. The average Bonchev–Trinajstić information content (AvgIpc) is 2.03. The molecule has 0 rings (SSSR count). The van der Waals surface area contributed by atoms with E-state index in [-0.39, 0.29) is 22.4 Å². The summed E-state index contributed by atoms with van der Waals surface area (Å²) in [5, 5.41) is 20.9. The Morgan fingerprint density at radius 1 is 1.46 bits per heavy atom. The molecule has 4 nitrogen and oxygen atoms in total. The van der Waals surface area contributed by atoms with Gasteiger partial charge in [0.15, 0.2) is 0 Å². The molecule has 0 aromatic heterocycles. The van der Waals surface area contributed by atoms with Gasteiger partial charge in [-0.3, -0.25) is 0 Å². The highest BCUT2D eigenvalue weighted by Crippen LogP contribution is 2.22. The first-order valence-electron chi connectivity index (χ1n) is 4.27. The van der Waals surface area contributed by atoms with Gasteiger partial charge in [-0.25, -0.2) is 0 Å². The molecule has 4 N–H and O–H groups in total. The van der Waals surface area contributed by atoms with Crippen LogP contribution >= 0.6 is 11.8 Å². The van der Waals surface area contributed by atoms with E-state index in [9.17, 15) is 5.11 Å². The van der Waals surface area contributed by atoms with Gasteiger partial charge in [0.1, 0.15) is 5.84 Å². The molecule has 3 unspecified atom stereocenters. The summed E-state index contributed by atoms with van der Waals surface area (Å²) in [5.74, 6) is 0.234. The maximum Gasteiger partial charge on any atom is 0.140 e. The van der Waals surface area contributed by atoms with Crippen LogP contribution < -0.4 is 5.73 Å². The maximum absolute atomic E-state index is 9.23. The van der Waals surface area contributed by atoms with E-state index in [1.807, 2.05) is 13.8 Å². The molecular formula is C8H18N2O2S. The van der Waals surface area contributed by atoms with Gasteiger partial charge < -0.3 is 16.0 Å². The number of rotatable bonds is 5. The minimum Gasteiger partial charge on any atom is -0.409 e. The lowest BCUT2D eigenvalue weighted by Crippen LogP contribution is -2.22. The Morgan fingerprint density at radius 3 is 2.38 bits per heavy atom. The molecule has 0 bridgehead atoms. The monoisotopic (exact) mass is 206 g/mol. The van der Waals surface area contributed by atoms with Crippen molar-refractivity contribution in [2.24, 2.45) is 10.9 Å². The molecule has 0 saturated heterocycles. The van der Waals surface area contributed by atoms with Crippen molar-refractivity contribution in [1.82, 2.24) is 0 Å². The Morgan fingerprint density at radius 2 is 2.00 bits per heavy atom. The third-order valence-electron chi connectivity index (χ3n) is 1.75. The van der Waals surface area contributed by atoms with Crippen molar-refractivity contribution in [3.63, 3.8) is 0 Å². The lowest BCUT2D eigenvalue weighted by Gasteiger charge is -2.18. The van der Waals surface area contributed by atoms with Crippen LogP contribution in [0, 0.1) is 0 Å². The minimum absolute atomic E-state index is 0.168. The molecule has 0 heterocycles. The zero-order valence-electron chi connectivity index (χ0n) is 8.27. The SMILES string of the molecule is CC(CC(N)=NO)SC(C)C(C)O. The maximum atomic E-state index is 9.23. The Hall–Kier alpha value is -0.420. The summed E-state index contributed by atoms with van der Waals surface area (Å²) in [5.41, 5.74) is 5.35. The van der Waals surface area contributed by atoms with Gasteiger partial charge in [0.05, 0.1) is 6.10 Å². The van der Waals surface area contributed by atoms with Crippen molar-refractivity contribution in [2.45, 2.75) is 43.8 Å². The van der Waals surface area contributed by atoms with Gasteiger partial charge in [-0.05, 0) is 6.92 Å². The second kappa shape index (κ2) is 6.10. The summed E-state index contributed by atoms with van der Waals surface area (Å²) < 4.78 is 0. The highest BCUT2D eigenvalue weighted by atomic mass is 32.2. The van der Waals surface area contributed by atoms with Crippen molar-refractivity contribution in [3.8, 4) is 0 Å².